The van der Waals surface area contributed by atoms with E-state index in [4.69, 9.17) is 4.98 Å². The topological polar surface area (TPSA) is 52.0 Å². The number of aryl methyl sites for hydroxylation is 1. The zero-order valence-corrected chi connectivity index (χ0v) is 21.2. The molecule has 0 spiro atoms. The molecule has 0 bridgehead atoms. The average molecular weight is 507 g/mol. The summed E-state index contributed by atoms with van der Waals surface area (Å²) in [5, 5.41) is 0. The van der Waals surface area contributed by atoms with Gasteiger partial charge in [-0.1, -0.05) is 13.3 Å². The van der Waals surface area contributed by atoms with Gasteiger partial charge in [-0.15, -0.1) is 11.3 Å². The maximum absolute atomic E-state index is 14.9. The van der Waals surface area contributed by atoms with Crippen molar-refractivity contribution >= 4 is 33.9 Å². The molecule has 0 saturated heterocycles. The van der Waals surface area contributed by atoms with E-state index < -0.39 is 11.6 Å². The second kappa shape index (κ2) is 10.1. The van der Waals surface area contributed by atoms with Gasteiger partial charge in [0.1, 0.15) is 17.5 Å². The first-order chi connectivity index (χ1) is 17.3. The number of benzene rings is 2. The van der Waals surface area contributed by atoms with Gasteiger partial charge in [-0.2, -0.15) is 0 Å². The molecule has 2 atom stereocenters. The number of hydrogen-bond acceptors (Lipinski definition) is 4. The van der Waals surface area contributed by atoms with Gasteiger partial charge in [0.2, 0.25) is 0 Å². The van der Waals surface area contributed by atoms with E-state index in [1.165, 1.54) is 23.5 Å². The van der Waals surface area contributed by atoms with Crippen molar-refractivity contribution in [1.29, 1.82) is 0 Å². The van der Waals surface area contributed by atoms with Crippen molar-refractivity contribution in [3.05, 3.63) is 75.5 Å². The lowest BCUT2D eigenvalue weighted by atomic mass is 9.82. The minimum Gasteiger partial charge on any atom is -0.321 e. The molecule has 2 aromatic carbocycles. The number of hydrogen-bond donors (Lipinski definition) is 0. The highest BCUT2D eigenvalue weighted by Gasteiger charge is 2.29. The maximum atomic E-state index is 14.9. The minimum absolute atomic E-state index is 0.0128. The number of aromatic nitrogens is 2. The molecule has 36 heavy (non-hydrogen) atoms. The maximum Gasteiger partial charge on any atom is 0.173 e. The number of rotatable bonds is 7. The third-order valence-electron chi connectivity index (χ3n) is 7.11. The molecule has 7 heteroatoms. The molecule has 0 unspecified atom stereocenters. The molecule has 0 amide bonds. The van der Waals surface area contributed by atoms with Crippen molar-refractivity contribution in [2.75, 3.05) is 0 Å². The molecule has 186 valence electrons. The Morgan fingerprint density at radius 2 is 1.89 bits per heavy atom. The number of Topliss-reactive ketones (excluding diaryl/α,β-unsaturated/α-hetero) is 2. The first-order valence-electron chi connectivity index (χ1n) is 12.4. The van der Waals surface area contributed by atoms with Crippen molar-refractivity contribution < 1.29 is 18.4 Å². The van der Waals surface area contributed by atoms with E-state index in [2.05, 4.69) is 0 Å². The van der Waals surface area contributed by atoms with Crippen LogP contribution in [0, 0.1) is 24.5 Å². The van der Waals surface area contributed by atoms with Gasteiger partial charge in [-0.05, 0) is 74.6 Å². The fourth-order valence-corrected chi connectivity index (χ4v) is 6.15. The predicted octanol–water partition coefficient (Wildman–Crippen LogP) is 7.95. The third kappa shape index (κ3) is 4.76. The second-order valence-corrected chi connectivity index (χ2v) is 10.9. The Morgan fingerprint density at radius 1 is 1.06 bits per heavy atom. The Morgan fingerprint density at radius 3 is 2.61 bits per heavy atom. The van der Waals surface area contributed by atoms with Crippen LogP contribution in [0.4, 0.5) is 8.78 Å². The summed E-state index contributed by atoms with van der Waals surface area (Å²) in [6.07, 6.45) is 4.43. The van der Waals surface area contributed by atoms with Crippen LogP contribution in [0.5, 0.6) is 0 Å². The van der Waals surface area contributed by atoms with Gasteiger partial charge in [0.05, 0.1) is 21.5 Å². The van der Waals surface area contributed by atoms with E-state index >= 15 is 0 Å². The van der Waals surface area contributed by atoms with E-state index in [0.717, 1.165) is 47.0 Å². The standard InChI is InChI=1S/C29H28F2N2O2S/c1-3-26(34)19-8-11-25-24(15-19)32-29(22-10-9-20(30)16-23(22)31)33(25)21-6-4-5-18(13-21)14-27(35)28-12-7-17(2)36-28/h7-12,15-16,18,21H,3-6,13-14H2,1-2H3/t18-,21+/m1/s1. The van der Waals surface area contributed by atoms with Crippen molar-refractivity contribution in [1.82, 2.24) is 9.55 Å². The van der Waals surface area contributed by atoms with E-state index in [-0.39, 0.29) is 29.1 Å². The lowest BCUT2D eigenvalue weighted by Gasteiger charge is -2.31. The fourth-order valence-electron chi connectivity index (χ4n) is 5.34. The first-order valence-corrected chi connectivity index (χ1v) is 13.3. The molecular formula is C29H28F2N2O2S. The molecule has 1 fully saturated rings. The number of ketones is 2. The number of carbonyl (C=O) groups is 2. The summed E-state index contributed by atoms with van der Waals surface area (Å²) in [5.74, 6) is -0.498. The SMILES string of the molecule is CCC(=O)c1ccc2c(c1)nc(-c1ccc(F)cc1F)n2[C@H]1CCC[C@@H](CC(=O)c2ccc(C)s2)C1. The summed E-state index contributed by atoms with van der Waals surface area (Å²) in [6.45, 7) is 3.81. The van der Waals surface area contributed by atoms with Crippen molar-refractivity contribution in [2.45, 2.75) is 58.4 Å². The Balaban J connectivity index is 1.53. The molecule has 4 nitrogen and oxygen atoms in total. The first kappa shape index (κ1) is 24.5. The predicted molar refractivity (Wildman–Crippen MR) is 139 cm³/mol. The van der Waals surface area contributed by atoms with Crippen LogP contribution in [0.15, 0.2) is 48.5 Å². The van der Waals surface area contributed by atoms with Crippen LogP contribution in [0.2, 0.25) is 0 Å². The Kier molecular flexibility index (Phi) is 6.84. The summed E-state index contributed by atoms with van der Waals surface area (Å²) in [4.78, 5) is 31.9. The Hall–Kier alpha value is -3.19. The number of imidazole rings is 1. The largest absolute Gasteiger partial charge is 0.321 e. The van der Waals surface area contributed by atoms with Crippen LogP contribution in [-0.4, -0.2) is 21.1 Å². The van der Waals surface area contributed by atoms with E-state index in [0.29, 0.717) is 29.7 Å². The molecule has 0 N–H and O–H groups in total. The molecule has 1 aliphatic rings. The van der Waals surface area contributed by atoms with Crippen LogP contribution in [0.25, 0.3) is 22.4 Å². The van der Waals surface area contributed by atoms with Crippen molar-refractivity contribution in [3.8, 4) is 11.4 Å². The summed E-state index contributed by atoms with van der Waals surface area (Å²) in [7, 11) is 0. The zero-order chi connectivity index (χ0) is 25.4. The minimum atomic E-state index is -0.674. The zero-order valence-electron chi connectivity index (χ0n) is 20.4. The molecule has 1 saturated carbocycles. The van der Waals surface area contributed by atoms with Crippen LogP contribution in [-0.2, 0) is 0 Å². The monoisotopic (exact) mass is 506 g/mol. The Bertz CT molecular complexity index is 1460. The number of nitrogens with zero attached hydrogens (tertiary/aromatic N) is 2. The van der Waals surface area contributed by atoms with Gasteiger partial charge in [0.15, 0.2) is 11.6 Å². The van der Waals surface area contributed by atoms with Crippen LogP contribution in [0.3, 0.4) is 0 Å². The summed E-state index contributed by atoms with van der Waals surface area (Å²) >= 11 is 1.53. The average Bonchev–Trinajstić information content (AvgIpc) is 3.47. The molecule has 2 aromatic heterocycles. The lowest BCUT2D eigenvalue weighted by Crippen LogP contribution is -2.22. The molecular weight excluding hydrogens is 478 g/mol. The van der Waals surface area contributed by atoms with Crippen LogP contribution < -0.4 is 0 Å². The highest BCUT2D eigenvalue weighted by atomic mass is 32.1. The van der Waals surface area contributed by atoms with Gasteiger partial charge in [-0.3, -0.25) is 9.59 Å². The highest BCUT2D eigenvalue weighted by Crippen LogP contribution is 2.40. The second-order valence-electron chi connectivity index (χ2n) is 9.63. The van der Waals surface area contributed by atoms with Crippen LogP contribution >= 0.6 is 11.3 Å². The number of carbonyl (C=O) groups excluding carboxylic acids is 2. The smallest absolute Gasteiger partial charge is 0.173 e. The summed E-state index contributed by atoms with van der Waals surface area (Å²) in [6, 6.07) is 12.8. The van der Waals surface area contributed by atoms with Gasteiger partial charge in [-0.25, -0.2) is 13.8 Å². The van der Waals surface area contributed by atoms with Gasteiger partial charge < -0.3 is 4.57 Å². The molecule has 0 aliphatic heterocycles. The molecule has 0 radical (unpaired) electrons. The molecule has 4 aromatic rings. The molecule has 5 rings (SSSR count). The van der Waals surface area contributed by atoms with E-state index in [9.17, 15) is 18.4 Å². The van der Waals surface area contributed by atoms with E-state index in [1.807, 2.05) is 36.6 Å². The van der Waals surface area contributed by atoms with Crippen molar-refractivity contribution in [2.24, 2.45) is 5.92 Å². The van der Waals surface area contributed by atoms with Gasteiger partial charge in [0, 0.05) is 35.4 Å². The lowest BCUT2D eigenvalue weighted by molar-refractivity contribution is 0.0944. The number of thiophene rings is 1. The highest BCUT2D eigenvalue weighted by molar-refractivity contribution is 7.14. The fraction of sp³-hybridized carbons (Fsp3) is 0.345. The quantitative estimate of drug-likeness (QED) is 0.239. The van der Waals surface area contributed by atoms with E-state index in [1.54, 1.807) is 12.1 Å². The normalized spacial score (nSPS) is 18.0. The molecule has 2 heterocycles. The third-order valence-corrected chi connectivity index (χ3v) is 8.16. The number of fused-ring (bicyclic) bond motifs is 1. The Labute approximate surface area is 213 Å². The number of halogens is 2. The summed E-state index contributed by atoms with van der Waals surface area (Å²) < 4.78 is 30.6. The molecule has 1 aliphatic carbocycles. The van der Waals surface area contributed by atoms with Gasteiger partial charge in [0.25, 0.3) is 0 Å². The van der Waals surface area contributed by atoms with Crippen molar-refractivity contribution in [3.63, 3.8) is 0 Å². The van der Waals surface area contributed by atoms with Gasteiger partial charge >= 0.3 is 0 Å². The van der Waals surface area contributed by atoms with Crippen LogP contribution in [0.1, 0.15) is 76.4 Å². The summed E-state index contributed by atoms with van der Waals surface area (Å²) in [5.41, 5.74) is 2.22.